The number of aromatic amines is 1. The third kappa shape index (κ3) is 3.21. The van der Waals surface area contributed by atoms with Crippen LogP contribution in [0.5, 0.6) is 5.75 Å². The fourth-order valence-electron chi connectivity index (χ4n) is 2.64. The Balaban J connectivity index is 1.87. The number of fused-ring (bicyclic) bond motifs is 1. The summed E-state index contributed by atoms with van der Waals surface area (Å²) in [5, 5.41) is 0.432. The standard InChI is InChI=1S/C15H15F2N3O2S/c1-22-11-5-6-18-12(13(16)17)9(11)7-23-15-19-10-4-2-3-8(10)14(21)20-15/h5-6,13H,2-4,7H2,1H3,(H,19,20,21). The molecule has 23 heavy (non-hydrogen) atoms. The van der Waals surface area contributed by atoms with E-state index in [1.807, 2.05) is 0 Å². The van der Waals surface area contributed by atoms with Crippen molar-refractivity contribution in [3.8, 4) is 5.75 Å². The van der Waals surface area contributed by atoms with Crippen molar-refractivity contribution in [2.24, 2.45) is 0 Å². The van der Waals surface area contributed by atoms with Crippen LogP contribution in [-0.4, -0.2) is 22.1 Å². The van der Waals surface area contributed by atoms with E-state index in [1.165, 1.54) is 25.1 Å². The van der Waals surface area contributed by atoms with Crippen molar-refractivity contribution < 1.29 is 13.5 Å². The lowest BCUT2D eigenvalue weighted by molar-refractivity contribution is 0.144. The lowest BCUT2D eigenvalue weighted by atomic mass is 10.2. The van der Waals surface area contributed by atoms with Gasteiger partial charge in [0.1, 0.15) is 11.4 Å². The van der Waals surface area contributed by atoms with E-state index in [0.717, 1.165) is 30.5 Å². The zero-order valence-electron chi connectivity index (χ0n) is 12.4. The van der Waals surface area contributed by atoms with E-state index in [-0.39, 0.29) is 17.0 Å². The zero-order chi connectivity index (χ0) is 16.4. The van der Waals surface area contributed by atoms with Crippen molar-refractivity contribution in [2.75, 3.05) is 7.11 Å². The number of nitrogens with zero attached hydrogens (tertiary/aromatic N) is 2. The fraction of sp³-hybridized carbons (Fsp3) is 0.400. The number of ether oxygens (including phenoxy) is 1. The van der Waals surface area contributed by atoms with Crippen LogP contribution in [0.3, 0.4) is 0 Å². The summed E-state index contributed by atoms with van der Waals surface area (Å²) in [4.78, 5) is 22.8. The van der Waals surface area contributed by atoms with Crippen LogP contribution in [-0.2, 0) is 18.6 Å². The van der Waals surface area contributed by atoms with Crippen molar-refractivity contribution in [1.29, 1.82) is 0 Å². The molecule has 1 aliphatic carbocycles. The number of H-pyrrole nitrogens is 1. The molecule has 2 aromatic heterocycles. The van der Waals surface area contributed by atoms with E-state index in [0.29, 0.717) is 16.5 Å². The molecule has 2 heterocycles. The molecular formula is C15H15F2N3O2S. The summed E-state index contributed by atoms with van der Waals surface area (Å²) < 4.78 is 31.4. The Bertz CT molecular complexity index is 780. The van der Waals surface area contributed by atoms with Gasteiger partial charge in [0.25, 0.3) is 12.0 Å². The number of hydrogen-bond acceptors (Lipinski definition) is 5. The van der Waals surface area contributed by atoms with Gasteiger partial charge in [0.05, 0.1) is 12.8 Å². The Kier molecular flexibility index (Phi) is 4.61. The lowest BCUT2D eigenvalue weighted by Crippen LogP contribution is -2.15. The molecule has 0 spiro atoms. The lowest BCUT2D eigenvalue weighted by Gasteiger charge is -2.12. The van der Waals surface area contributed by atoms with Gasteiger partial charge in [-0.15, -0.1) is 0 Å². The van der Waals surface area contributed by atoms with E-state index < -0.39 is 6.43 Å². The van der Waals surface area contributed by atoms with E-state index in [4.69, 9.17) is 4.74 Å². The summed E-state index contributed by atoms with van der Waals surface area (Å²) in [5.74, 6) is 0.546. The van der Waals surface area contributed by atoms with Crippen molar-refractivity contribution in [3.05, 3.63) is 45.1 Å². The molecule has 0 radical (unpaired) electrons. The van der Waals surface area contributed by atoms with Crippen LogP contribution in [0, 0.1) is 0 Å². The summed E-state index contributed by atoms with van der Waals surface area (Å²) in [6.45, 7) is 0. The largest absolute Gasteiger partial charge is 0.496 e. The highest BCUT2D eigenvalue weighted by molar-refractivity contribution is 7.98. The van der Waals surface area contributed by atoms with E-state index in [1.54, 1.807) is 6.07 Å². The normalized spacial score (nSPS) is 13.4. The smallest absolute Gasteiger partial charge is 0.280 e. The maximum absolute atomic E-state index is 13.1. The number of hydrogen-bond donors (Lipinski definition) is 1. The highest BCUT2D eigenvalue weighted by Gasteiger charge is 2.20. The molecule has 1 aliphatic rings. The van der Waals surface area contributed by atoms with Crippen LogP contribution in [0.25, 0.3) is 0 Å². The Labute approximate surface area is 135 Å². The van der Waals surface area contributed by atoms with Crippen LogP contribution >= 0.6 is 11.8 Å². The van der Waals surface area contributed by atoms with Crippen LogP contribution < -0.4 is 10.3 Å². The van der Waals surface area contributed by atoms with Crippen molar-refractivity contribution >= 4 is 11.8 Å². The minimum atomic E-state index is -2.69. The molecular weight excluding hydrogens is 324 g/mol. The van der Waals surface area contributed by atoms with Gasteiger partial charge < -0.3 is 9.72 Å². The van der Waals surface area contributed by atoms with Gasteiger partial charge in [-0.1, -0.05) is 11.8 Å². The summed E-state index contributed by atoms with van der Waals surface area (Å²) in [7, 11) is 1.42. The maximum Gasteiger partial charge on any atom is 0.280 e. The highest BCUT2D eigenvalue weighted by atomic mass is 32.2. The molecule has 0 saturated heterocycles. The number of pyridine rings is 1. The SMILES string of the molecule is COc1ccnc(C(F)F)c1CSc1nc2c(c(=O)[nH]1)CCC2. The molecule has 0 unspecified atom stereocenters. The first-order valence-electron chi connectivity index (χ1n) is 7.15. The monoisotopic (exact) mass is 339 g/mol. The Morgan fingerprint density at radius 2 is 2.26 bits per heavy atom. The van der Waals surface area contributed by atoms with Gasteiger partial charge in [-0.25, -0.2) is 13.8 Å². The summed E-state index contributed by atoms with van der Waals surface area (Å²) in [5.41, 5.74) is 1.42. The first-order chi connectivity index (χ1) is 11.1. The quantitative estimate of drug-likeness (QED) is 0.670. The molecule has 0 amide bonds. The summed E-state index contributed by atoms with van der Waals surface area (Å²) in [6, 6.07) is 1.54. The fourth-order valence-corrected chi connectivity index (χ4v) is 3.55. The van der Waals surface area contributed by atoms with Gasteiger partial charge in [-0.3, -0.25) is 9.78 Å². The number of aromatic nitrogens is 3. The molecule has 3 rings (SSSR count). The van der Waals surface area contributed by atoms with E-state index in [2.05, 4.69) is 15.0 Å². The van der Waals surface area contributed by atoms with Crippen LogP contribution in [0.2, 0.25) is 0 Å². The molecule has 0 saturated carbocycles. The number of aryl methyl sites for hydroxylation is 1. The molecule has 1 N–H and O–H groups in total. The van der Waals surface area contributed by atoms with Crippen LogP contribution in [0.15, 0.2) is 22.2 Å². The molecule has 122 valence electrons. The molecule has 0 aromatic carbocycles. The molecule has 0 bridgehead atoms. The minimum Gasteiger partial charge on any atom is -0.496 e. The van der Waals surface area contributed by atoms with Gasteiger partial charge >= 0.3 is 0 Å². The van der Waals surface area contributed by atoms with Gasteiger partial charge in [-0.05, 0) is 25.3 Å². The zero-order valence-corrected chi connectivity index (χ0v) is 13.3. The van der Waals surface area contributed by atoms with Crippen LogP contribution in [0.4, 0.5) is 8.78 Å². The van der Waals surface area contributed by atoms with Gasteiger partial charge in [0, 0.05) is 23.1 Å². The third-order valence-corrected chi connectivity index (χ3v) is 4.65. The number of thioether (sulfide) groups is 1. The Morgan fingerprint density at radius 1 is 1.43 bits per heavy atom. The topological polar surface area (TPSA) is 67.9 Å². The number of nitrogens with one attached hydrogen (secondary N) is 1. The number of halogens is 2. The predicted octanol–water partition coefficient (Wildman–Crippen LogP) is 2.89. The number of methoxy groups -OCH3 is 1. The first kappa shape index (κ1) is 15.9. The maximum atomic E-state index is 13.1. The second-order valence-corrected chi connectivity index (χ2v) is 6.08. The van der Waals surface area contributed by atoms with Crippen molar-refractivity contribution in [1.82, 2.24) is 15.0 Å². The highest BCUT2D eigenvalue weighted by Crippen LogP contribution is 2.32. The average molecular weight is 339 g/mol. The Hall–Kier alpha value is -1.96. The van der Waals surface area contributed by atoms with Gasteiger partial charge in [-0.2, -0.15) is 0 Å². The number of alkyl halides is 2. The van der Waals surface area contributed by atoms with Gasteiger partial charge in [0.2, 0.25) is 0 Å². The first-order valence-corrected chi connectivity index (χ1v) is 8.13. The predicted molar refractivity (Wildman–Crippen MR) is 82.2 cm³/mol. The molecule has 0 atom stereocenters. The average Bonchev–Trinajstić information content (AvgIpc) is 3.01. The second kappa shape index (κ2) is 6.66. The molecule has 0 aliphatic heterocycles. The third-order valence-electron chi connectivity index (χ3n) is 3.75. The molecule has 8 heteroatoms. The van der Waals surface area contributed by atoms with Crippen molar-refractivity contribution in [3.63, 3.8) is 0 Å². The van der Waals surface area contributed by atoms with Crippen molar-refractivity contribution in [2.45, 2.75) is 36.6 Å². The minimum absolute atomic E-state index is 0.137. The Morgan fingerprint density at radius 3 is 3.00 bits per heavy atom. The molecule has 5 nitrogen and oxygen atoms in total. The molecule has 0 fully saturated rings. The second-order valence-electron chi connectivity index (χ2n) is 5.12. The number of rotatable bonds is 5. The van der Waals surface area contributed by atoms with Gasteiger partial charge in [0.15, 0.2) is 5.16 Å². The summed E-state index contributed by atoms with van der Waals surface area (Å²) >= 11 is 1.19. The van der Waals surface area contributed by atoms with Crippen LogP contribution in [0.1, 0.15) is 35.4 Å². The van der Waals surface area contributed by atoms with E-state index >= 15 is 0 Å². The van der Waals surface area contributed by atoms with E-state index in [9.17, 15) is 13.6 Å². The molecule has 2 aromatic rings. The summed E-state index contributed by atoms with van der Waals surface area (Å²) in [6.07, 6.45) is 1.06.